The van der Waals surface area contributed by atoms with E-state index in [0.717, 1.165) is 64.4 Å². The first-order valence-electron chi connectivity index (χ1n) is 10.9. The molecule has 1 aromatic rings. The van der Waals surface area contributed by atoms with Crippen LogP contribution >= 0.6 is 0 Å². The van der Waals surface area contributed by atoms with Gasteiger partial charge in [0.25, 0.3) is 6.47 Å². The Kier molecular flexibility index (Phi) is 10.2. The van der Waals surface area contributed by atoms with Crippen molar-refractivity contribution in [2.24, 2.45) is 5.92 Å². The van der Waals surface area contributed by atoms with E-state index < -0.39 is 0 Å². The summed E-state index contributed by atoms with van der Waals surface area (Å²) in [5, 5.41) is 6.89. The number of carbonyl (C=O) groups excluding carboxylic acids is 1. The van der Waals surface area contributed by atoms with Crippen molar-refractivity contribution < 1.29 is 19.4 Å². The molecule has 0 aromatic heterocycles. The van der Waals surface area contributed by atoms with Crippen molar-refractivity contribution >= 4 is 12.4 Å². The highest BCUT2D eigenvalue weighted by molar-refractivity contribution is 5.79. The van der Waals surface area contributed by atoms with E-state index in [2.05, 4.69) is 52.9 Å². The summed E-state index contributed by atoms with van der Waals surface area (Å²) < 4.78 is 5.32. The molecule has 0 bridgehead atoms. The number of carbonyl (C=O) groups is 2. The number of piperazine rings is 1. The zero-order valence-corrected chi connectivity index (χ0v) is 19.4. The maximum absolute atomic E-state index is 13.1. The molecule has 8 nitrogen and oxygen atoms in total. The minimum atomic E-state index is -0.250. The van der Waals surface area contributed by atoms with Gasteiger partial charge in [0, 0.05) is 51.9 Å². The van der Waals surface area contributed by atoms with Crippen LogP contribution in [0.3, 0.4) is 0 Å². The van der Waals surface area contributed by atoms with Crippen LogP contribution in [0.2, 0.25) is 0 Å². The Bertz CT molecular complexity index is 692. The van der Waals surface area contributed by atoms with Crippen molar-refractivity contribution in [2.45, 2.75) is 25.4 Å². The van der Waals surface area contributed by atoms with Crippen LogP contribution in [0.5, 0.6) is 5.75 Å². The van der Waals surface area contributed by atoms with E-state index in [9.17, 15) is 4.79 Å². The lowest BCUT2D eigenvalue weighted by Gasteiger charge is -2.36. The molecule has 2 aliphatic rings. The highest BCUT2D eigenvalue weighted by atomic mass is 16.5. The quantitative estimate of drug-likeness (QED) is 0.701. The number of hydrogen-bond acceptors (Lipinski definition) is 6. The topological polar surface area (TPSA) is 76.6 Å². The third-order valence-corrected chi connectivity index (χ3v) is 6.21. The molecule has 2 saturated heterocycles. The number of ether oxygens (including phenoxy) is 1. The highest BCUT2D eigenvalue weighted by Crippen LogP contribution is 2.22. The predicted octanol–water partition coefficient (Wildman–Crippen LogP) is 1.31. The van der Waals surface area contributed by atoms with E-state index in [-0.39, 0.29) is 12.4 Å². The van der Waals surface area contributed by atoms with Gasteiger partial charge in [-0.3, -0.25) is 14.5 Å². The molecule has 2 atom stereocenters. The molecular formula is C23H38N4O4. The van der Waals surface area contributed by atoms with Crippen LogP contribution in [0.1, 0.15) is 18.4 Å². The van der Waals surface area contributed by atoms with Crippen LogP contribution in [0.15, 0.2) is 24.3 Å². The van der Waals surface area contributed by atoms with Crippen LogP contribution in [-0.4, -0.2) is 111 Å². The van der Waals surface area contributed by atoms with Crippen LogP contribution < -0.4 is 4.74 Å². The molecule has 1 aromatic carbocycles. The van der Waals surface area contributed by atoms with Gasteiger partial charge < -0.3 is 24.5 Å². The van der Waals surface area contributed by atoms with Gasteiger partial charge in [0.05, 0.1) is 13.0 Å². The molecule has 3 rings (SSSR count). The number of carboxylic acid groups (broad SMARTS) is 1. The van der Waals surface area contributed by atoms with Crippen molar-refractivity contribution in [1.29, 1.82) is 0 Å². The minimum absolute atomic E-state index is 0.139. The Hall–Kier alpha value is -2.16. The fraction of sp³-hybridized carbons (Fsp3) is 0.652. The largest absolute Gasteiger partial charge is 0.497 e. The van der Waals surface area contributed by atoms with Crippen LogP contribution in [0.4, 0.5) is 0 Å². The van der Waals surface area contributed by atoms with Gasteiger partial charge >= 0.3 is 0 Å². The molecule has 2 heterocycles. The maximum atomic E-state index is 13.1. The molecule has 2 aliphatic heterocycles. The maximum Gasteiger partial charge on any atom is 0.290 e. The van der Waals surface area contributed by atoms with Gasteiger partial charge in [0.2, 0.25) is 5.91 Å². The normalized spacial score (nSPS) is 22.9. The van der Waals surface area contributed by atoms with Crippen molar-refractivity contribution in [3.8, 4) is 5.75 Å². The molecule has 31 heavy (non-hydrogen) atoms. The summed E-state index contributed by atoms with van der Waals surface area (Å²) in [5.41, 5.74) is 1.26. The van der Waals surface area contributed by atoms with E-state index in [4.69, 9.17) is 14.6 Å². The SMILES string of the molecule is COc1cccc(CN2CCN(C(=O)[C@@H]3CC[C@H](N(C)C)CN(C)C3)CC2)c1.O=CO. The molecule has 2 fully saturated rings. The molecule has 0 radical (unpaired) electrons. The second kappa shape index (κ2) is 12.6. The summed E-state index contributed by atoms with van der Waals surface area (Å²) in [5.74, 6) is 1.40. The Morgan fingerprint density at radius 1 is 1.19 bits per heavy atom. The summed E-state index contributed by atoms with van der Waals surface area (Å²) in [7, 11) is 8.13. The average Bonchev–Trinajstić information content (AvgIpc) is 2.96. The van der Waals surface area contributed by atoms with Crippen molar-refractivity contribution in [2.75, 3.05) is 67.5 Å². The Morgan fingerprint density at radius 3 is 2.48 bits per heavy atom. The highest BCUT2D eigenvalue weighted by Gasteiger charge is 2.31. The third-order valence-electron chi connectivity index (χ3n) is 6.21. The number of methoxy groups -OCH3 is 1. The lowest BCUT2D eigenvalue weighted by Crippen LogP contribution is -2.51. The minimum Gasteiger partial charge on any atom is -0.497 e. The number of amides is 1. The number of nitrogens with zero attached hydrogens (tertiary/aromatic N) is 4. The summed E-state index contributed by atoms with van der Waals surface area (Å²) >= 11 is 0. The van der Waals surface area contributed by atoms with E-state index in [0.29, 0.717) is 11.9 Å². The zero-order valence-electron chi connectivity index (χ0n) is 19.4. The second-order valence-corrected chi connectivity index (χ2v) is 8.67. The lowest BCUT2D eigenvalue weighted by atomic mass is 9.99. The zero-order chi connectivity index (χ0) is 22.8. The van der Waals surface area contributed by atoms with E-state index in [1.807, 2.05) is 12.1 Å². The average molecular weight is 435 g/mol. The molecule has 1 amide bonds. The summed E-state index contributed by atoms with van der Waals surface area (Å²) in [6.45, 7) is 6.13. The Labute approximate surface area is 186 Å². The standard InChI is InChI=1S/C22H36N4O2.CH2O2/c1-23(2)20-9-8-19(16-24(3)17-20)22(27)26-12-10-25(11-13-26)15-18-6-5-7-21(14-18)28-4;2-1-3/h5-7,14,19-20H,8-13,15-17H2,1-4H3;1H,(H,2,3)/t19-,20+;/m1./s1. The van der Waals surface area contributed by atoms with Crippen LogP contribution in [-0.2, 0) is 16.1 Å². The summed E-state index contributed by atoms with van der Waals surface area (Å²) in [4.78, 5) is 30.6. The first-order valence-corrected chi connectivity index (χ1v) is 10.9. The first kappa shape index (κ1) is 25.1. The van der Waals surface area contributed by atoms with E-state index >= 15 is 0 Å². The van der Waals surface area contributed by atoms with E-state index in [1.54, 1.807) is 7.11 Å². The van der Waals surface area contributed by atoms with Crippen LogP contribution in [0.25, 0.3) is 0 Å². The number of hydrogen-bond donors (Lipinski definition) is 1. The van der Waals surface area contributed by atoms with Gasteiger partial charge in [-0.1, -0.05) is 12.1 Å². The van der Waals surface area contributed by atoms with Gasteiger partial charge in [0.15, 0.2) is 0 Å². The fourth-order valence-corrected chi connectivity index (χ4v) is 4.42. The predicted molar refractivity (Wildman–Crippen MR) is 121 cm³/mol. The second-order valence-electron chi connectivity index (χ2n) is 8.67. The van der Waals surface area contributed by atoms with Crippen molar-refractivity contribution in [3.05, 3.63) is 29.8 Å². The number of likely N-dealkylation sites (N-methyl/N-ethyl adjacent to an activating group) is 2. The van der Waals surface area contributed by atoms with Crippen molar-refractivity contribution in [3.63, 3.8) is 0 Å². The molecule has 0 saturated carbocycles. The smallest absolute Gasteiger partial charge is 0.290 e. The summed E-state index contributed by atoms with van der Waals surface area (Å²) in [6, 6.07) is 8.80. The Morgan fingerprint density at radius 2 is 1.87 bits per heavy atom. The fourth-order valence-electron chi connectivity index (χ4n) is 4.42. The molecule has 0 aliphatic carbocycles. The van der Waals surface area contributed by atoms with Crippen LogP contribution in [0, 0.1) is 5.92 Å². The van der Waals surface area contributed by atoms with Gasteiger partial charge in [0.1, 0.15) is 5.75 Å². The number of rotatable bonds is 5. The number of likely N-dealkylation sites (tertiary alicyclic amines) is 1. The molecule has 0 spiro atoms. The van der Waals surface area contributed by atoms with Gasteiger partial charge in [-0.05, 0) is 51.7 Å². The van der Waals surface area contributed by atoms with Gasteiger partial charge in [-0.2, -0.15) is 0 Å². The van der Waals surface area contributed by atoms with Gasteiger partial charge in [-0.25, -0.2) is 0 Å². The van der Waals surface area contributed by atoms with E-state index in [1.165, 1.54) is 5.56 Å². The molecule has 174 valence electrons. The third kappa shape index (κ3) is 7.79. The summed E-state index contributed by atoms with van der Waals surface area (Å²) in [6.07, 6.45) is 2.10. The number of benzene rings is 1. The monoisotopic (exact) mass is 434 g/mol. The molecule has 8 heteroatoms. The molecular weight excluding hydrogens is 396 g/mol. The lowest BCUT2D eigenvalue weighted by molar-refractivity contribution is -0.138. The van der Waals surface area contributed by atoms with Gasteiger partial charge in [-0.15, -0.1) is 0 Å². The molecule has 0 unspecified atom stereocenters. The first-order chi connectivity index (χ1) is 14.9. The van der Waals surface area contributed by atoms with Crippen molar-refractivity contribution in [1.82, 2.24) is 19.6 Å². The molecule has 1 N–H and O–H groups in total. The Balaban J connectivity index is 0.00000107.